The zero-order chi connectivity index (χ0) is 14.6. The molecule has 0 amide bonds. The molecule has 2 heterocycles. The highest BCUT2D eigenvalue weighted by Gasteiger charge is 2.32. The van der Waals surface area contributed by atoms with Crippen LogP contribution in [0.1, 0.15) is 18.5 Å². The van der Waals surface area contributed by atoms with Gasteiger partial charge in [-0.25, -0.2) is 18.1 Å². The molecule has 2 N–H and O–H groups in total. The largest absolute Gasteiger partial charge is 0.388 e. The van der Waals surface area contributed by atoms with E-state index in [2.05, 4.69) is 9.71 Å². The van der Waals surface area contributed by atoms with E-state index in [9.17, 15) is 13.5 Å². The molecular formula is C12H15N3O4S. The van der Waals surface area contributed by atoms with Crippen molar-refractivity contribution in [1.29, 1.82) is 5.26 Å². The van der Waals surface area contributed by atoms with Crippen molar-refractivity contribution in [1.82, 2.24) is 9.71 Å². The number of sulfonamides is 1. The van der Waals surface area contributed by atoms with Crippen LogP contribution in [0.15, 0.2) is 23.2 Å². The third-order valence-corrected chi connectivity index (χ3v) is 4.61. The third-order valence-electron chi connectivity index (χ3n) is 3.18. The van der Waals surface area contributed by atoms with Gasteiger partial charge in [-0.2, -0.15) is 5.26 Å². The van der Waals surface area contributed by atoms with E-state index in [1.807, 2.05) is 0 Å². The molecule has 0 atom stereocenters. The monoisotopic (exact) mass is 297 g/mol. The molecule has 8 heteroatoms. The van der Waals surface area contributed by atoms with E-state index in [1.54, 1.807) is 6.07 Å². The second-order valence-electron chi connectivity index (χ2n) is 4.62. The van der Waals surface area contributed by atoms with Crippen LogP contribution in [0, 0.1) is 11.3 Å². The quantitative estimate of drug-likeness (QED) is 0.794. The maximum atomic E-state index is 12.2. The summed E-state index contributed by atoms with van der Waals surface area (Å²) in [5.74, 6) is 0. The van der Waals surface area contributed by atoms with Gasteiger partial charge in [0.15, 0.2) is 5.69 Å². The summed E-state index contributed by atoms with van der Waals surface area (Å²) in [6, 6.07) is 4.49. The number of nitrogens with one attached hydrogen (secondary N) is 1. The fourth-order valence-corrected chi connectivity index (χ4v) is 3.15. The van der Waals surface area contributed by atoms with Crippen molar-refractivity contribution in [2.75, 3.05) is 19.8 Å². The normalized spacial score (nSPS) is 18.4. The van der Waals surface area contributed by atoms with E-state index < -0.39 is 15.6 Å². The average Bonchev–Trinajstić information content (AvgIpc) is 2.46. The van der Waals surface area contributed by atoms with Crippen molar-refractivity contribution in [3.05, 3.63) is 24.0 Å². The molecule has 0 spiro atoms. The molecule has 0 unspecified atom stereocenters. The molecule has 1 aromatic heterocycles. The molecule has 20 heavy (non-hydrogen) atoms. The summed E-state index contributed by atoms with van der Waals surface area (Å²) < 4.78 is 31.8. The van der Waals surface area contributed by atoms with Gasteiger partial charge >= 0.3 is 0 Å². The Labute approximate surface area is 117 Å². The highest BCUT2D eigenvalue weighted by Crippen LogP contribution is 2.20. The topological polar surface area (TPSA) is 112 Å². The van der Waals surface area contributed by atoms with Crippen LogP contribution in [0.2, 0.25) is 0 Å². The van der Waals surface area contributed by atoms with E-state index in [1.165, 1.54) is 18.3 Å². The smallest absolute Gasteiger partial charge is 0.243 e. The Balaban J connectivity index is 2.14. The zero-order valence-corrected chi connectivity index (χ0v) is 11.6. The summed E-state index contributed by atoms with van der Waals surface area (Å²) in [4.78, 5) is 3.53. The highest BCUT2D eigenvalue weighted by atomic mass is 32.2. The Bertz CT molecular complexity index is 618. The zero-order valence-electron chi connectivity index (χ0n) is 10.7. The average molecular weight is 297 g/mol. The minimum Gasteiger partial charge on any atom is -0.388 e. The molecule has 1 aromatic rings. The first kappa shape index (κ1) is 14.9. The van der Waals surface area contributed by atoms with Crippen LogP contribution >= 0.6 is 0 Å². The van der Waals surface area contributed by atoms with Gasteiger partial charge in [0.05, 0.1) is 5.60 Å². The SMILES string of the molecule is N#Cc1ncccc1S(=O)(=O)NCC1(O)CCOCC1. The number of hydrogen-bond acceptors (Lipinski definition) is 6. The molecular weight excluding hydrogens is 282 g/mol. The Morgan fingerprint density at radius 2 is 2.20 bits per heavy atom. The van der Waals surface area contributed by atoms with Gasteiger partial charge in [-0.1, -0.05) is 0 Å². The Hall–Kier alpha value is -1.53. The predicted octanol–water partition coefficient (Wildman–Crippen LogP) is -0.227. The van der Waals surface area contributed by atoms with Gasteiger partial charge in [0.2, 0.25) is 10.0 Å². The summed E-state index contributed by atoms with van der Waals surface area (Å²) in [5, 5.41) is 19.1. The van der Waals surface area contributed by atoms with Crippen molar-refractivity contribution in [2.24, 2.45) is 0 Å². The number of hydrogen-bond donors (Lipinski definition) is 2. The first-order chi connectivity index (χ1) is 9.47. The number of aliphatic hydroxyl groups is 1. The minimum absolute atomic E-state index is 0.113. The summed E-state index contributed by atoms with van der Waals surface area (Å²) >= 11 is 0. The van der Waals surface area contributed by atoms with Crippen LogP contribution in [0.3, 0.4) is 0 Å². The molecule has 0 bridgehead atoms. The van der Waals surface area contributed by atoms with Crippen molar-refractivity contribution >= 4 is 10.0 Å². The Morgan fingerprint density at radius 1 is 1.50 bits per heavy atom. The van der Waals surface area contributed by atoms with Crippen LogP contribution < -0.4 is 4.72 Å². The van der Waals surface area contributed by atoms with Crippen molar-refractivity contribution < 1.29 is 18.3 Å². The molecule has 7 nitrogen and oxygen atoms in total. The van der Waals surface area contributed by atoms with Gasteiger partial charge in [-0.15, -0.1) is 0 Å². The van der Waals surface area contributed by atoms with Gasteiger partial charge in [0.25, 0.3) is 0 Å². The molecule has 108 valence electrons. The number of pyridine rings is 1. The fourth-order valence-electron chi connectivity index (χ4n) is 1.93. The van der Waals surface area contributed by atoms with Crippen LogP contribution in [0.4, 0.5) is 0 Å². The van der Waals surface area contributed by atoms with E-state index in [0.29, 0.717) is 26.1 Å². The maximum absolute atomic E-state index is 12.2. The van der Waals surface area contributed by atoms with E-state index in [-0.39, 0.29) is 17.1 Å². The number of nitriles is 1. The summed E-state index contributed by atoms with van der Waals surface area (Å²) in [5.41, 5.74) is -1.28. The lowest BCUT2D eigenvalue weighted by molar-refractivity contribution is -0.0588. The number of ether oxygens (including phenoxy) is 1. The number of nitrogens with zero attached hydrogens (tertiary/aromatic N) is 2. The third kappa shape index (κ3) is 3.32. The van der Waals surface area contributed by atoms with Crippen LogP contribution in [0.25, 0.3) is 0 Å². The van der Waals surface area contributed by atoms with E-state index in [4.69, 9.17) is 10.00 Å². The minimum atomic E-state index is -3.88. The molecule has 0 saturated carbocycles. The molecule has 0 radical (unpaired) electrons. The lowest BCUT2D eigenvalue weighted by Gasteiger charge is -2.31. The number of aromatic nitrogens is 1. The van der Waals surface area contributed by atoms with Gasteiger partial charge < -0.3 is 9.84 Å². The Kier molecular flexibility index (Phi) is 4.35. The molecule has 1 saturated heterocycles. The highest BCUT2D eigenvalue weighted by molar-refractivity contribution is 7.89. The van der Waals surface area contributed by atoms with Gasteiger partial charge in [-0.05, 0) is 12.1 Å². The van der Waals surface area contributed by atoms with Gasteiger partial charge in [-0.3, -0.25) is 0 Å². The summed E-state index contributed by atoms with van der Waals surface area (Å²) in [6.45, 7) is 0.682. The molecule has 1 fully saturated rings. The van der Waals surface area contributed by atoms with Gasteiger partial charge in [0.1, 0.15) is 11.0 Å². The Morgan fingerprint density at radius 3 is 2.85 bits per heavy atom. The van der Waals surface area contributed by atoms with Crippen LogP contribution in [-0.2, 0) is 14.8 Å². The van der Waals surface area contributed by atoms with Crippen molar-refractivity contribution in [2.45, 2.75) is 23.3 Å². The van der Waals surface area contributed by atoms with Crippen LogP contribution in [0.5, 0.6) is 0 Å². The lowest BCUT2D eigenvalue weighted by atomic mass is 9.95. The molecule has 0 aliphatic carbocycles. The summed E-state index contributed by atoms with van der Waals surface area (Å²) in [7, 11) is -3.88. The standard InChI is InChI=1S/C12H15N3O4S/c13-8-10-11(2-1-5-14-10)20(17,18)15-9-12(16)3-6-19-7-4-12/h1-2,5,15-16H,3-4,6-7,9H2. The van der Waals surface area contributed by atoms with E-state index in [0.717, 1.165) is 0 Å². The van der Waals surface area contributed by atoms with Gasteiger partial charge in [0, 0.05) is 38.8 Å². The van der Waals surface area contributed by atoms with Crippen LogP contribution in [-0.4, -0.2) is 43.9 Å². The fraction of sp³-hybridized carbons (Fsp3) is 0.500. The predicted molar refractivity (Wildman–Crippen MR) is 69.1 cm³/mol. The van der Waals surface area contributed by atoms with E-state index >= 15 is 0 Å². The summed E-state index contributed by atoms with van der Waals surface area (Å²) in [6.07, 6.45) is 2.09. The lowest BCUT2D eigenvalue weighted by Crippen LogP contribution is -2.46. The molecule has 1 aliphatic rings. The molecule has 0 aromatic carbocycles. The second kappa shape index (κ2) is 5.85. The molecule has 1 aliphatic heterocycles. The maximum Gasteiger partial charge on any atom is 0.243 e. The first-order valence-corrected chi connectivity index (χ1v) is 7.60. The second-order valence-corrected chi connectivity index (χ2v) is 6.36. The number of rotatable bonds is 4. The molecule has 2 rings (SSSR count). The first-order valence-electron chi connectivity index (χ1n) is 6.12. The van der Waals surface area contributed by atoms with Crippen molar-refractivity contribution in [3.63, 3.8) is 0 Å². The van der Waals surface area contributed by atoms with Crippen molar-refractivity contribution in [3.8, 4) is 6.07 Å².